The average molecular weight is 312 g/mol. The zero-order chi connectivity index (χ0) is 9.15. The molecule has 0 atom stereocenters. The molecule has 0 saturated carbocycles. The second kappa shape index (κ2) is 4.71. The van der Waals surface area contributed by atoms with Gasteiger partial charge < -0.3 is 4.74 Å². The van der Waals surface area contributed by atoms with E-state index in [1.54, 1.807) is 0 Å². The van der Waals surface area contributed by atoms with Crippen molar-refractivity contribution in [2.75, 3.05) is 29.1 Å². The number of rotatable bonds is 3. The molecule has 0 N–H and O–H groups in total. The monoisotopic (exact) mass is 312 g/mol. The molecule has 2 aliphatic rings. The van der Waals surface area contributed by atoms with Crippen LogP contribution in [0.2, 0.25) is 0 Å². The van der Waals surface area contributed by atoms with Crippen LogP contribution in [0, 0.1) is 11.3 Å². The Balaban J connectivity index is 1.88. The lowest BCUT2D eigenvalue weighted by Crippen LogP contribution is -2.37. The predicted molar refractivity (Wildman–Crippen MR) is 66.8 cm³/mol. The molecule has 0 aromatic heterocycles. The highest BCUT2D eigenvalue weighted by Gasteiger charge is 2.35. The van der Waals surface area contributed by atoms with Gasteiger partial charge in [-0.2, -0.15) is 11.8 Å². The fraction of sp³-hybridized carbons (Fsp3) is 1.00. The summed E-state index contributed by atoms with van der Waals surface area (Å²) < 4.78 is 6.61. The highest BCUT2D eigenvalue weighted by atomic mass is 127. The van der Waals surface area contributed by atoms with Gasteiger partial charge in [-0.3, -0.25) is 0 Å². The molecule has 0 unspecified atom stereocenters. The summed E-state index contributed by atoms with van der Waals surface area (Å²) in [4.78, 5) is 0. The maximum Gasteiger partial charge on any atom is 0.0516 e. The van der Waals surface area contributed by atoms with E-state index in [2.05, 4.69) is 34.4 Å². The lowest BCUT2D eigenvalue weighted by atomic mass is 9.76. The van der Waals surface area contributed by atoms with E-state index in [1.807, 2.05) is 0 Å². The molecular weight excluding hydrogens is 295 g/mol. The molecule has 1 nitrogen and oxygen atoms in total. The number of hydrogen-bond donors (Lipinski definition) is 0. The van der Waals surface area contributed by atoms with Crippen LogP contribution in [0.5, 0.6) is 0 Å². The zero-order valence-electron chi connectivity index (χ0n) is 7.93. The first kappa shape index (κ1) is 10.6. The van der Waals surface area contributed by atoms with Gasteiger partial charge in [0.2, 0.25) is 0 Å². The van der Waals surface area contributed by atoms with Crippen molar-refractivity contribution in [1.82, 2.24) is 0 Å². The largest absolute Gasteiger partial charge is 0.381 e. The van der Waals surface area contributed by atoms with Gasteiger partial charge in [0, 0.05) is 10.3 Å². The maximum absolute atomic E-state index is 5.26. The van der Waals surface area contributed by atoms with Crippen LogP contribution in [-0.2, 0) is 4.74 Å². The minimum Gasteiger partial charge on any atom is -0.381 e. The van der Waals surface area contributed by atoms with Crippen LogP contribution in [0.15, 0.2) is 0 Å². The highest BCUT2D eigenvalue weighted by molar-refractivity contribution is 14.1. The third-order valence-corrected chi connectivity index (χ3v) is 5.87. The maximum atomic E-state index is 5.26. The Hall–Kier alpha value is 1.04. The third-order valence-electron chi connectivity index (χ3n) is 3.27. The molecule has 2 saturated heterocycles. The Morgan fingerprint density at radius 3 is 2.46 bits per heavy atom. The minimum absolute atomic E-state index is 0.681. The molecule has 2 aliphatic heterocycles. The van der Waals surface area contributed by atoms with E-state index in [1.165, 1.54) is 35.2 Å². The number of halogens is 1. The summed E-state index contributed by atoms with van der Waals surface area (Å²) in [5.41, 5.74) is 0.681. The number of hydrogen-bond acceptors (Lipinski definition) is 2. The average Bonchev–Trinajstić information content (AvgIpc) is 2.13. The lowest BCUT2D eigenvalue weighted by molar-refractivity contribution is -0.0525. The molecular formula is C10H17IOS. The molecule has 0 amide bonds. The number of ether oxygens (including phenoxy) is 1. The SMILES string of the molecule is ICC1(CC2COC2)CCSCC1. The van der Waals surface area contributed by atoms with E-state index in [0.717, 1.165) is 19.1 Å². The highest BCUT2D eigenvalue weighted by Crippen LogP contribution is 2.43. The van der Waals surface area contributed by atoms with Crippen LogP contribution >= 0.6 is 34.4 Å². The van der Waals surface area contributed by atoms with E-state index in [-0.39, 0.29) is 0 Å². The number of thioether (sulfide) groups is 1. The molecule has 0 bridgehead atoms. The molecule has 0 aromatic rings. The Labute approximate surface area is 98.5 Å². The molecule has 0 radical (unpaired) electrons. The third kappa shape index (κ3) is 2.53. The molecule has 2 heterocycles. The summed E-state index contributed by atoms with van der Waals surface area (Å²) in [6, 6.07) is 0. The van der Waals surface area contributed by atoms with Gasteiger partial charge in [-0.05, 0) is 36.2 Å². The Kier molecular flexibility index (Phi) is 3.82. The fourth-order valence-corrected chi connectivity index (χ4v) is 4.64. The van der Waals surface area contributed by atoms with E-state index < -0.39 is 0 Å². The van der Waals surface area contributed by atoms with E-state index in [9.17, 15) is 0 Å². The second-order valence-corrected chi connectivity index (χ2v) is 6.34. The van der Waals surface area contributed by atoms with Crippen molar-refractivity contribution in [2.24, 2.45) is 11.3 Å². The predicted octanol–water partition coefficient (Wildman–Crippen LogP) is 2.97. The van der Waals surface area contributed by atoms with Gasteiger partial charge >= 0.3 is 0 Å². The first-order valence-electron chi connectivity index (χ1n) is 5.06. The Bertz CT molecular complexity index is 164. The van der Waals surface area contributed by atoms with Crippen LogP contribution in [-0.4, -0.2) is 29.1 Å². The van der Waals surface area contributed by atoms with Gasteiger partial charge in [0.25, 0.3) is 0 Å². The standard InChI is InChI=1S/C10H17IOS/c11-8-10(1-3-13-4-2-10)5-9-6-12-7-9/h9H,1-8H2. The molecule has 0 aliphatic carbocycles. The van der Waals surface area contributed by atoms with Gasteiger partial charge in [0.05, 0.1) is 13.2 Å². The second-order valence-electron chi connectivity index (χ2n) is 4.35. The lowest BCUT2D eigenvalue weighted by Gasteiger charge is -2.40. The topological polar surface area (TPSA) is 9.23 Å². The normalized spacial score (nSPS) is 28.4. The molecule has 3 heteroatoms. The van der Waals surface area contributed by atoms with Crippen molar-refractivity contribution in [3.8, 4) is 0 Å². The zero-order valence-corrected chi connectivity index (χ0v) is 10.9. The first-order valence-corrected chi connectivity index (χ1v) is 7.74. The van der Waals surface area contributed by atoms with Crippen molar-refractivity contribution >= 4 is 34.4 Å². The van der Waals surface area contributed by atoms with Gasteiger partial charge in [-0.25, -0.2) is 0 Å². The Morgan fingerprint density at radius 1 is 1.31 bits per heavy atom. The quantitative estimate of drug-likeness (QED) is 0.585. The van der Waals surface area contributed by atoms with Crippen LogP contribution in [0.25, 0.3) is 0 Å². The van der Waals surface area contributed by atoms with Crippen LogP contribution in [0.3, 0.4) is 0 Å². The number of alkyl halides is 1. The molecule has 0 aromatic carbocycles. The summed E-state index contributed by atoms with van der Waals surface area (Å²) in [5.74, 6) is 3.66. The first-order chi connectivity index (χ1) is 6.35. The summed E-state index contributed by atoms with van der Waals surface area (Å²) in [6.45, 7) is 2.07. The van der Waals surface area contributed by atoms with Crippen molar-refractivity contribution in [3.05, 3.63) is 0 Å². The van der Waals surface area contributed by atoms with Crippen molar-refractivity contribution < 1.29 is 4.74 Å². The minimum atomic E-state index is 0.681. The summed E-state index contributed by atoms with van der Waals surface area (Å²) >= 11 is 4.71. The molecule has 2 fully saturated rings. The summed E-state index contributed by atoms with van der Waals surface area (Å²) in [5, 5.41) is 0. The van der Waals surface area contributed by atoms with Gasteiger partial charge in [-0.1, -0.05) is 22.6 Å². The van der Waals surface area contributed by atoms with Gasteiger partial charge in [0.15, 0.2) is 0 Å². The van der Waals surface area contributed by atoms with Crippen molar-refractivity contribution in [3.63, 3.8) is 0 Å². The smallest absolute Gasteiger partial charge is 0.0516 e. The molecule has 0 spiro atoms. The van der Waals surface area contributed by atoms with Crippen molar-refractivity contribution in [1.29, 1.82) is 0 Å². The van der Waals surface area contributed by atoms with E-state index >= 15 is 0 Å². The van der Waals surface area contributed by atoms with Crippen LogP contribution < -0.4 is 0 Å². The van der Waals surface area contributed by atoms with Gasteiger partial charge in [-0.15, -0.1) is 0 Å². The van der Waals surface area contributed by atoms with Crippen LogP contribution in [0.4, 0.5) is 0 Å². The summed E-state index contributed by atoms with van der Waals surface area (Å²) in [7, 11) is 0. The molecule has 2 rings (SSSR count). The Morgan fingerprint density at radius 2 is 2.00 bits per heavy atom. The summed E-state index contributed by atoms with van der Waals surface area (Å²) in [6.07, 6.45) is 4.31. The van der Waals surface area contributed by atoms with Gasteiger partial charge in [0.1, 0.15) is 0 Å². The van der Waals surface area contributed by atoms with E-state index in [0.29, 0.717) is 5.41 Å². The van der Waals surface area contributed by atoms with Crippen molar-refractivity contribution in [2.45, 2.75) is 19.3 Å². The molecule has 13 heavy (non-hydrogen) atoms. The van der Waals surface area contributed by atoms with Crippen LogP contribution in [0.1, 0.15) is 19.3 Å². The fourth-order valence-electron chi connectivity index (χ4n) is 2.21. The molecule has 76 valence electrons. The van der Waals surface area contributed by atoms with E-state index in [4.69, 9.17) is 4.74 Å².